The van der Waals surface area contributed by atoms with Gasteiger partial charge >= 0.3 is 5.97 Å². The summed E-state index contributed by atoms with van der Waals surface area (Å²) in [6.45, 7) is 1.04. The Bertz CT molecular complexity index is 665. The van der Waals surface area contributed by atoms with Crippen LogP contribution < -0.4 is 0 Å². The summed E-state index contributed by atoms with van der Waals surface area (Å²) in [5.74, 6) is -1.09. The number of benzene rings is 1. The van der Waals surface area contributed by atoms with Crippen molar-refractivity contribution in [2.24, 2.45) is 0 Å². The zero-order valence-electron chi connectivity index (χ0n) is 11.2. The molecule has 21 heavy (non-hydrogen) atoms. The quantitative estimate of drug-likeness (QED) is 0.939. The molecular formula is C14H14ClN3O3. The van der Waals surface area contributed by atoms with Crippen molar-refractivity contribution in [3.05, 3.63) is 46.2 Å². The number of aromatic nitrogens is 3. The maximum absolute atomic E-state index is 11.3. The molecule has 1 fully saturated rings. The van der Waals surface area contributed by atoms with E-state index in [1.54, 1.807) is 10.7 Å². The standard InChI is InChI=1S/C14H14ClN3O3/c15-10-4-1-3-9(7-10)8-18-13(11-5-2-6-21-11)12(14(19)20)16-17-18/h1,3-4,7,11H,2,5-6,8H2,(H,19,20). The predicted octanol–water partition coefficient (Wildman–Crippen LogP) is 2.53. The predicted molar refractivity (Wildman–Crippen MR) is 75.5 cm³/mol. The van der Waals surface area contributed by atoms with Crippen molar-refractivity contribution in [2.45, 2.75) is 25.5 Å². The van der Waals surface area contributed by atoms with Crippen molar-refractivity contribution in [1.82, 2.24) is 15.0 Å². The van der Waals surface area contributed by atoms with Crippen LogP contribution in [0.5, 0.6) is 0 Å². The molecule has 1 unspecified atom stereocenters. The van der Waals surface area contributed by atoms with Gasteiger partial charge in [0.1, 0.15) is 11.8 Å². The highest BCUT2D eigenvalue weighted by Crippen LogP contribution is 2.30. The molecule has 1 saturated heterocycles. The number of carboxylic acids is 1. The van der Waals surface area contributed by atoms with Gasteiger partial charge in [-0.1, -0.05) is 28.9 Å². The van der Waals surface area contributed by atoms with Gasteiger partial charge in [0.05, 0.1) is 6.54 Å². The molecule has 1 N–H and O–H groups in total. The van der Waals surface area contributed by atoms with Gasteiger partial charge in [0.25, 0.3) is 0 Å². The van der Waals surface area contributed by atoms with Crippen LogP contribution in [-0.4, -0.2) is 32.7 Å². The molecule has 0 bridgehead atoms. The Balaban J connectivity index is 1.96. The van der Waals surface area contributed by atoms with Crippen LogP contribution in [0.1, 0.15) is 40.7 Å². The minimum absolute atomic E-state index is 0.0380. The first-order valence-electron chi connectivity index (χ1n) is 6.68. The van der Waals surface area contributed by atoms with Crippen LogP contribution in [0.3, 0.4) is 0 Å². The summed E-state index contributed by atoms with van der Waals surface area (Å²) in [5.41, 5.74) is 1.42. The molecule has 2 heterocycles. The smallest absolute Gasteiger partial charge is 0.358 e. The lowest BCUT2D eigenvalue weighted by molar-refractivity contribution is 0.0672. The average molecular weight is 308 g/mol. The average Bonchev–Trinajstić information content (AvgIpc) is 3.06. The third-order valence-corrected chi connectivity index (χ3v) is 3.67. The highest BCUT2D eigenvalue weighted by molar-refractivity contribution is 6.30. The SMILES string of the molecule is O=C(O)c1nnn(Cc2cccc(Cl)c2)c1C1CCCO1. The largest absolute Gasteiger partial charge is 0.476 e. The van der Waals surface area contributed by atoms with Gasteiger partial charge in [-0.05, 0) is 30.5 Å². The Morgan fingerprint density at radius 3 is 3.05 bits per heavy atom. The van der Waals surface area contributed by atoms with E-state index < -0.39 is 5.97 Å². The van der Waals surface area contributed by atoms with Gasteiger partial charge in [-0.15, -0.1) is 5.10 Å². The Morgan fingerprint density at radius 2 is 2.38 bits per heavy atom. The molecule has 2 aromatic rings. The van der Waals surface area contributed by atoms with Gasteiger partial charge in [0.15, 0.2) is 5.69 Å². The zero-order valence-corrected chi connectivity index (χ0v) is 12.0. The van der Waals surface area contributed by atoms with Crippen molar-refractivity contribution in [3.8, 4) is 0 Å². The molecular weight excluding hydrogens is 294 g/mol. The number of hydrogen-bond acceptors (Lipinski definition) is 4. The van der Waals surface area contributed by atoms with E-state index >= 15 is 0 Å². The van der Waals surface area contributed by atoms with Crippen molar-refractivity contribution in [2.75, 3.05) is 6.61 Å². The first-order valence-corrected chi connectivity index (χ1v) is 7.05. The maximum Gasteiger partial charge on any atom is 0.358 e. The van der Waals surface area contributed by atoms with Crippen LogP contribution in [0, 0.1) is 0 Å². The molecule has 3 rings (SSSR count). The Hall–Kier alpha value is -1.92. The lowest BCUT2D eigenvalue weighted by Crippen LogP contribution is -2.13. The Kier molecular flexibility index (Phi) is 3.90. The van der Waals surface area contributed by atoms with Gasteiger partial charge in [-0.2, -0.15) is 0 Å². The first-order chi connectivity index (χ1) is 10.1. The minimum atomic E-state index is -1.09. The number of aromatic carboxylic acids is 1. The number of hydrogen-bond donors (Lipinski definition) is 1. The number of ether oxygens (including phenoxy) is 1. The van der Waals surface area contributed by atoms with Crippen molar-refractivity contribution in [1.29, 1.82) is 0 Å². The van der Waals surface area contributed by atoms with Gasteiger partial charge in [0, 0.05) is 11.6 Å². The van der Waals surface area contributed by atoms with Crippen molar-refractivity contribution >= 4 is 17.6 Å². The summed E-state index contributed by atoms with van der Waals surface area (Å²) in [4.78, 5) is 11.3. The number of carboxylic acid groups (broad SMARTS) is 1. The fourth-order valence-electron chi connectivity index (χ4n) is 2.51. The van der Waals surface area contributed by atoms with Crippen molar-refractivity contribution in [3.63, 3.8) is 0 Å². The normalized spacial score (nSPS) is 18.0. The molecule has 110 valence electrons. The molecule has 1 aliphatic heterocycles. The van der Waals surface area contributed by atoms with E-state index in [0.717, 1.165) is 18.4 Å². The summed E-state index contributed by atoms with van der Waals surface area (Å²) in [6.07, 6.45) is 1.43. The number of nitrogens with zero attached hydrogens (tertiary/aromatic N) is 3. The fraction of sp³-hybridized carbons (Fsp3) is 0.357. The molecule has 0 saturated carbocycles. The third-order valence-electron chi connectivity index (χ3n) is 3.43. The second kappa shape index (κ2) is 5.83. The van der Waals surface area contributed by atoms with E-state index in [2.05, 4.69) is 10.3 Å². The van der Waals surface area contributed by atoms with Crippen LogP contribution in [0.2, 0.25) is 5.02 Å². The summed E-state index contributed by atoms with van der Waals surface area (Å²) in [7, 11) is 0. The molecule has 1 aromatic heterocycles. The topological polar surface area (TPSA) is 77.2 Å². The highest BCUT2D eigenvalue weighted by Gasteiger charge is 2.29. The summed E-state index contributed by atoms with van der Waals surface area (Å²) < 4.78 is 7.19. The summed E-state index contributed by atoms with van der Waals surface area (Å²) >= 11 is 5.97. The first kappa shape index (κ1) is 14.0. The molecule has 7 heteroatoms. The van der Waals surface area contributed by atoms with E-state index in [1.807, 2.05) is 18.2 Å². The Labute approximate surface area is 126 Å². The van der Waals surface area contributed by atoms with E-state index in [4.69, 9.17) is 16.3 Å². The molecule has 6 nitrogen and oxygen atoms in total. The third kappa shape index (κ3) is 2.91. The van der Waals surface area contributed by atoms with Crippen LogP contribution in [-0.2, 0) is 11.3 Å². The van der Waals surface area contributed by atoms with Crippen LogP contribution in [0.25, 0.3) is 0 Å². The zero-order chi connectivity index (χ0) is 14.8. The molecule has 0 amide bonds. The number of halogens is 1. The molecule has 0 spiro atoms. The van der Waals surface area contributed by atoms with E-state index in [9.17, 15) is 9.90 Å². The van der Waals surface area contributed by atoms with Crippen LogP contribution in [0.15, 0.2) is 24.3 Å². The second-order valence-corrected chi connectivity index (χ2v) is 5.35. The van der Waals surface area contributed by atoms with Gasteiger partial charge in [-0.3, -0.25) is 0 Å². The van der Waals surface area contributed by atoms with Crippen LogP contribution in [0.4, 0.5) is 0 Å². The van der Waals surface area contributed by atoms with E-state index in [0.29, 0.717) is 23.9 Å². The molecule has 1 aliphatic rings. The Morgan fingerprint density at radius 1 is 1.52 bits per heavy atom. The number of rotatable bonds is 4. The summed E-state index contributed by atoms with van der Waals surface area (Å²) in [5, 5.41) is 17.6. The van der Waals surface area contributed by atoms with Crippen molar-refractivity contribution < 1.29 is 14.6 Å². The van der Waals surface area contributed by atoms with E-state index in [-0.39, 0.29) is 11.8 Å². The van der Waals surface area contributed by atoms with Gasteiger partial charge in [-0.25, -0.2) is 9.48 Å². The highest BCUT2D eigenvalue weighted by atomic mass is 35.5. The fourth-order valence-corrected chi connectivity index (χ4v) is 2.72. The molecule has 0 radical (unpaired) electrons. The number of carbonyl (C=O) groups is 1. The van der Waals surface area contributed by atoms with Gasteiger partial charge in [0.2, 0.25) is 0 Å². The molecule has 1 atom stereocenters. The van der Waals surface area contributed by atoms with Gasteiger partial charge < -0.3 is 9.84 Å². The lowest BCUT2D eigenvalue weighted by atomic mass is 10.1. The molecule has 0 aliphatic carbocycles. The summed E-state index contributed by atoms with van der Waals surface area (Å²) in [6, 6.07) is 7.37. The monoisotopic (exact) mass is 307 g/mol. The van der Waals surface area contributed by atoms with Crippen LogP contribution >= 0.6 is 11.6 Å². The minimum Gasteiger partial charge on any atom is -0.476 e. The maximum atomic E-state index is 11.3. The molecule has 1 aromatic carbocycles. The lowest BCUT2D eigenvalue weighted by Gasteiger charge is -2.12. The second-order valence-electron chi connectivity index (χ2n) is 4.92. The van der Waals surface area contributed by atoms with E-state index in [1.165, 1.54) is 0 Å².